The first-order valence-electron chi connectivity index (χ1n) is 8.92. The maximum absolute atomic E-state index is 11.7. The second-order valence-electron chi connectivity index (χ2n) is 6.37. The molecule has 2 N–H and O–H groups in total. The molecule has 140 valence electrons. The fraction of sp³-hybridized carbons (Fsp3) is 0.444. The third-order valence-electron chi connectivity index (χ3n) is 4.53. The van der Waals surface area contributed by atoms with Gasteiger partial charge < -0.3 is 10.2 Å². The minimum absolute atomic E-state index is 0.147. The molecule has 0 radical (unpaired) electrons. The third kappa shape index (κ3) is 4.70. The topological polar surface area (TPSA) is 87.2 Å². The van der Waals surface area contributed by atoms with E-state index in [4.69, 9.17) is 0 Å². The van der Waals surface area contributed by atoms with Gasteiger partial charge in [-0.2, -0.15) is 0 Å². The van der Waals surface area contributed by atoms with Crippen LogP contribution in [0.4, 0.5) is 11.6 Å². The van der Waals surface area contributed by atoms with Crippen LogP contribution in [0.5, 0.6) is 0 Å². The van der Waals surface area contributed by atoms with E-state index in [9.17, 15) is 8.42 Å². The number of anilines is 2. The van der Waals surface area contributed by atoms with Gasteiger partial charge in [0.05, 0.1) is 0 Å². The summed E-state index contributed by atoms with van der Waals surface area (Å²) < 4.78 is 25.7. The van der Waals surface area contributed by atoms with E-state index in [0.29, 0.717) is 12.4 Å². The van der Waals surface area contributed by atoms with Crippen molar-refractivity contribution in [2.24, 2.45) is 0 Å². The molecule has 1 aliphatic rings. The molecule has 0 spiro atoms. The summed E-state index contributed by atoms with van der Waals surface area (Å²) in [5.41, 5.74) is 1.05. The van der Waals surface area contributed by atoms with E-state index in [1.165, 1.54) is 45.0 Å². The van der Waals surface area contributed by atoms with Crippen LogP contribution in [-0.4, -0.2) is 38.5 Å². The van der Waals surface area contributed by atoms with Gasteiger partial charge in [0.1, 0.15) is 16.5 Å². The molecular weight excluding hydrogens is 350 g/mol. The summed E-state index contributed by atoms with van der Waals surface area (Å²) in [4.78, 5) is 11.2. The maximum atomic E-state index is 11.7. The summed E-state index contributed by atoms with van der Waals surface area (Å²) in [6.45, 7) is 2.74. The Kier molecular flexibility index (Phi) is 6.05. The van der Waals surface area contributed by atoms with Crippen LogP contribution in [0.25, 0.3) is 0 Å². The standard InChI is InChI=1S/C18H25N5O2S/c1-19-26(24,25)16-7-8-17(21-14-16)20-12-15-6-9-18(22-13-15)23-10-4-2-3-5-11-23/h6-9,13-14,19H,2-5,10-12H2,1H3,(H,20,21). The summed E-state index contributed by atoms with van der Waals surface area (Å²) in [7, 11) is -2.08. The van der Waals surface area contributed by atoms with Crippen LogP contribution in [0.3, 0.4) is 0 Å². The second-order valence-corrected chi connectivity index (χ2v) is 8.25. The molecule has 1 fully saturated rings. The first-order valence-corrected chi connectivity index (χ1v) is 10.4. The molecule has 2 aromatic rings. The van der Waals surface area contributed by atoms with Crippen LogP contribution < -0.4 is 14.9 Å². The molecule has 7 nitrogen and oxygen atoms in total. The van der Waals surface area contributed by atoms with E-state index in [2.05, 4.69) is 37.0 Å². The molecule has 26 heavy (non-hydrogen) atoms. The van der Waals surface area contributed by atoms with Gasteiger partial charge in [-0.05, 0) is 43.7 Å². The Morgan fingerprint density at radius 3 is 2.35 bits per heavy atom. The first kappa shape index (κ1) is 18.6. The predicted molar refractivity (Wildman–Crippen MR) is 103 cm³/mol. The number of hydrogen-bond donors (Lipinski definition) is 2. The van der Waals surface area contributed by atoms with Crippen molar-refractivity contribution >= 4 is 21.7 Å². The Morgan fingerprint density at radius 1 is 1.00 bits per heavy atom. The number of aromatic nitrogens is 2. The molecule has 0 aliphatic carbocycles. The van der Waals surface area contributed by atoms with Crippen molar-refractivity contribution in [3.05, 3.63) is 42.2 Å². The highest BCUT2D eigenvalue weighted by molar-refractivity contribution is 7.89. The highest BCUT2D eigenvalue weighted by Gasteiger charge is 2.12. The molecule has 0 saturated carbocycles. The van der Waals surface area contributed by atoms with Crippen LogP contribution >= 0.6 is 0 Å². The average Bonchev–Trinajstić information content (AvgIpc) is 2.97. The summed E-state index contributed by atoms with van der Waals surface area (Å²) in [5.74, 6) is 1.66. The van der Waals surface area contributed by atoms with E-state index in [-0.39, 0.29) is 4.90 Å². The van der Waals surface area contributed by atoms with Crippen molar-refractivity contribution in [1.29, 1.82) is 0 Å². The fourth-order valence-corrected chi connectivity index (χ4v) is 3.64. The molecule has 0 aromatic carbocycles. The van der Waals surface area contributed by atoms with Gasteiger partial charge in [0.15, 0.2) is 0 Å². The lowest BCUT2D eigenvalue weighted by molar-refractivity contribution is 0.588. The zero-order chi connectivity index (χ0) is 18.4. The van der Waals surface area contributed by atoms with Crippen molar-refractivity contribution in [2.45, 2.75) is 37.1 Å². The van der Waals surface area contributed by atoms with Crippen molar-refractivity contribution in [3.63, 3.8) is 0 Å². The molecule has 0 atom stereocenters. The Balaban J connectivity index is 1.58. The maximum Gasteiger partial charge on any atom is 0.241 e. The van der Waals surface area contributed by atoms with Gasteiger partial charge in [0.25, 0.3) is 0 Å². The lowest BCUT2D eigenvalue weighted by atomic mass is 10.2. The molecule has 0 amide bonds. The van der Waals surface area contributed by atoms with Crippen molar-refractivity contribution in [3.8, 4) is 0 Å². The normalized spacial score (nSPS) is 15.5. The van der Waals surface area contributed by atoms with E-state index in [1.54, 1.807) is 6.07 Å². The zero-order valence-corrected chi connectivity index (χ0v) is 15.8. The predicted octanol–water partition coefficient (Wildman–Crippen LogP) is 2.38. The molecule has 2 aromatic heterocycles. The highest BCUT2D eigenvalue weighted by Crippen LogP contribution is 2.18. The summed E-state index contributed by atoms with van der Waals surface area (Å²) >= 11 is 0. The van der Waals surface area contributed by atoms with Gasteiger partial charge in [0, 0.05) is 32.0 Å². The number of sulfonamides is 1. The number of nitrogens with one attached hydrogen (secondary N) is 2. The molecule has 3 heterocycles. The van der Waals surface area contributed by atoms with E-state index in [0.717, 1.165) is 24.5 Å². The molecule has 0 unspecified atom stereocenters. The lowest BCUT2D eigenvalue weighted by Crippen LogP contribution is -2.24. The Morgan fingerprint density at radius 2 is 1.77 bits per heavy atom. The summed E-state index contributed by atoms with van der Waals surface area (Å²) in [6, 6.07) is 7.32. The smallest absolute Gasteiger partial charge is 0.241 e. The number of hydrogen-bond acceptors (Lipinski definition) is 6. The monoisotopic (exact) mass is 375 g/mol. The molecule has 1 aliphatic heterocycles. The van der Waals surface area contributed by atoms with Crippen LogP contribution in [0.1, 0.15) is 31.2 Å². The van der Waals surface area contributed by atoms with Gasteiger partial charge in [-0.25, -0.2) is 23.1 Å². The fourth-order valence-electron chi connectivity index (χ4n) is 2.96. The minimum atomic E-state index is -3.46. The molecule has 0 bridgehead atoms. The summed E-state index contributed by atoms with van der Waals surface area (Å²) in [6.07, 6.45) is 8.30. The average molecular weight is 375 g/mol. The van der Waals surface area contributed by atoms with Gasteiger partial charge in [-0.15, -0.1) is 0 Å². The van der Waals surface area contributed by atoms with Crippen molar-refractivity contribution in [2.75, 3.05) is 30.4 Å². The van der Waals surface area contributed by atoms with E-state index >= 15 is 0 Å². The van der Waals surface area contributed by atoms with Gasteiger partial charge in [-0.1, -0.05) is 18.9 Å². The van der Waals surface area contributed by atoms with Crippen molar-refractivity contribution < 1.29 is 8.42 Å². The molecule has 8 heteroatoms. The van der Waals surface area contributed by atoms with Crippen LogP contribution in [0, 0.1) is 0 Å². The summed E-state index contributed by atoms with van der Waals surface area (Å²) in [5, 5.41) is 3.19. The quantitative estimate of drug-likeness (QED) is 0.806. The molecule has 1 saturated heterocycles. The first-order chi connectivity index (χ1) is 12.6. The lowest BCUT2D eigenvalue weighted by Gasteiger charge is -2.21. The van der Waals surface area contributed by atoms with Gasteiger partial charge >= 0.3 is 0 Å². The Bertz CT molecular complexity index is 798. The Hall–Kier alpha value is -2.19. The number of rotatable bonds is 6. The van der Waals surface area contributed by atoms with Gasteiger partial charge in [0.2, 0.25) is 10.0 Å². The third-order valence-corrected chi connectivity index (χ3v) is 5.93. The molecular formula is C18H25N5O2S. The van der Waals surface area contributed by atoms with E-state index < -0.39 is 10.0 Å². The van der Waals surface area contributed by atoms with Crippen LogP contribution in [-0.2, 0) is 16.6 Å². The van der Waals surface area contributed by atoms with Crippen LogP contribution in [0.15, 0.2) is 41.6 Å². The largest absolute Gasteiger partial charge is 0.366 e. The highest BCUT2D eigenvalue weighted by atomic mass is 32.2. The molecule has 3 rings (SSSR count). The number of nitrogens with zero attached hydrogens (tertiary/aromatic N) is 3. The van der Waals surface area contributed by atoms with E-state index in [1.807, 2.05) is 6.20 Å². The second kappa shape index (κ2) is 8.46. The van der Waals surface area contributed by atoms with Crippen LogP contribution in [0.2, 0.25) is 0 Å². The SMILES string of the molecule is CNS(=O)(=O)c1ccc(NCc2ccc(N3CCCCCC3)nc2)nc1. The minimum Gasteiger partial charge on any atom is -0.366 e. The Labute approximate surface area is 154 Å². The van der Waals surface area contributed by atoms with Gasteiger partial charge in [-0.3, -0.25) is 0 Å². The number of pyridine rings is 2. The van der Waals surface area contributed by atoms with Crippen molar-refractivity contribution in [1.82, 2.24) is 14.7 Å². The zero-order valence-electron chi connectivity index (χ0n) is 15.0.